The van der Waals surface area contributed by atoms with Crippen molar-refractivity contribution < 1.29 is 9.18 Å². The fourth-order valence-electron chi connectivity index (χ4n) is 2.13. The molecule has 2 N–H and O–H groups in total. The van der Waals surface area contributed by atoms with Crippen LogP contribution in [0.5, 0.6) is 0 Å². The molecule has 1 amide bonds. The molecule has 1 aromatic carbocycles. The van der Waals surface area contributed by atoms with Crippen molar-refractivity contribution >= 4 is 11.6 Å². The summed E-state index contributed by atoms with van der Waals surface area (Å²) in [5.74, 6) is -0.253. The lowest BCUT2D eigenvalue weighted by atomic mass is 10.0. The van der Waals surface area contributed by atoms with Crippen molar-refractivity contribution in [2.75, 3.05) is 11.9 Å². The molecule has 0 aliphatic carbocycles. The van der Waals surface area contributed by atoms with E-state index in [4.69, 9.17) is 0 Å². The van der Waals surface area contributed by atoms with E-state index in [0.29, 0.717) is 23.7 Å². The fourth-order valence-corrected chi connectivity index (χ4v) is 2.13. The zero-order valence-electron chi connectivity index (χ0n) is 12.8. The first kappa shape index (κ1) is 16.5. The minimum Gasteiger partial charge on any atom is -0.382 e. The van der Waals surface area contributed by atoms with E-state index >= 15 is 0 Å². The minimum absolute atomic E-state index is 0.102. The highest BCUT2D eigenvalue weighted by Crippen LogP contribution is 2.20. The Morgan fingerprint density at radius 2 is 2.00 bits per heavy atom. The molecule has 0 heterocycles. The monoisotopic (exact) mass is 280 g/mol. The highest BCUT2D eigenvalue weighted by molar-refractivity contribution is 5.99. The van der Waals surface area contributed by atoms with Gasteiger partial charge in [0.1, 0.15) is 5.82 Å². The van der Waals surface area contributed by atoms with Gasteiger partial charge in [0.15, 0.2) is 0 Å². The zero-order chi connectivity index (χ0) is 15.1. The third-order valence-corrected chi connectivity index (χ3v) is 3.37. The summed E-state index contributed by atoms with van der Waals surface area (Å²) in [6, 6.07) is 4.69. The van der Waals surface area contributed by atoms with Crippen LogP contribution in [0.2, 0.25) is 0 Å². The van der Waals surface area contributed by atoms with E-state index in [1.807, 2.05) is 13.8 Å². The van der Waals surface area contributed by atoms with Crippen molar-refractivity contribution in [1.29, 1.82) is 0 Å². The predicted molar refractivity (Wildman–Crippen MR) is 81.6 cm³/mol. The molecule has 1 atom stereocenters. The number of hydrogen-bond acceptors (Lipinski definition) is 2. The second kappa shape index (κ2) is 7.88. The number of hydrogen-bond donors (Lipinski definition) is 2. The second-order valence-electron chi connectivity index (χ2n) is 5.32. The van der Waals surface area contributed by atoms with Gasteiger partial charge in [-0.05, 0) is 30.9 Å². The summed E-state index contributed by atoms with van der Waals surface area (Å²) >= 11 is 0. The summed E-state index contributed by atoms with van der Waals surface area (Å²) in [4.78, 5) is 12.3. The average molecular weight is 280 g/mol. The van der Waals surface area contributed by atoms with E-state index < -0.39 is 0 Å². The van der Waals surface area contributed by atoms with Crippen molar-refractivity contribution in [2.45, 2.75) is 46.6 Å². The van der Waals surface area contributed by atoms with Gasteiger partial charge in [0.2, 0.25) is 0 Å². The fraction of sp³-hybridized carbons (Fsp3) is 0.562. The number of halogens is 1. The SMILES string of the molecule is CCCNc1c(F)cccc1C(=O)NC(CC)C(C)C. The summed E-state index contributed by atoms with van der Waals surface area (Å²) in [7, 11) is 0. The van der Waals surface area contributed by atoms with Crippen LogP contribution < -0.4 is 10.6 Å². The van der Waals surface area contributed by atoms with E-state index in [2.05, 4.69) is 24.5 Å². The third kappa shape index (κ3) is 4.22. The first-order chi connectivity index (χ1) is 9.51. The lowest BCUT2D eigenvalue weighted by molar-refractivity contribution is 0.0925. The minimum atomic E-state index is -0.385. The topological polar surface area (TPSA) is 41.1 Å². The molecule has 3 nitrogen and oxygen atoms in total. The molecule has 1 aromatic rings. The van der Waals surface area contributed by atoms with Gasteiger partial charge in [0.05, 0.1) is 11.3 Å². The number of carbonyl (C=O) groups excluding carboxylic acids is 1. The van der Waals surface area contributed by atoms with Crippen LogP contribution in [0.25, 0.3) is 0 Å². The molecular formula is C16H25FN2O. The van der Waals surface area contributed by atoms with E-state index in [9.17, 15) is 9.18 Å². The lowest BCUT2D eigenvalue weighted by Crippen LogP contribution is -2.38. The Morgan fingerprint density at radius 3 is 2.55 bits per heavy atom. The van der Waals surface area contributed by atoms with Crippen molar-refractivity contribution in [3.8, 4) is 0 Å². The summed E-state index contributed by atoms with van der Waals surface area (Å²) in [6.45, 7) is 8.81. The molecule has 0 bridgehead atoms. The summed E-state index contributed by atoms with van der Waals surface area (Å²) in [5.41, 5.74) is 0.669. The molecule has 0 saturated carbocycles. The molecular weight excluding hydrogens is 255 g/mol. The quantitative estimate of drug-likeness (QED) is 0.797. The van der Waals surface area contributed by atoms with Crippen LogP contribution in [-0.2, 0) is 0 Å². The standard InChI is InChI=1S/C16H25FN2O/c1-5-10-18-15-12(8-7-9-13(15)17)16(20)19-14(6-2)11(3)4/h7-9,11,14,18H,5-6,10H2,1-4H3,(H,19,20). The van der Waals surface area contributed by atoms with Crippen molar-refractivity contribution in [3.63, 3.8) is 0 Å². The smallest absolute Gasteiger partial charge is 0.253 e. The molecule has 1 unspecified atom stereocenters. The molecule has 0 saturated heterocycles. The van der Waals surface area contributed by atoms with Crippen molar-refractivity contribution in [3.05, 3.63) is 29.6 Å². The lowest BCUT2D eigenvalue weighted by Gasteiger charge is -2.21. The number of nitrogens with one attached hydrogen (secondary N) is 2. The van der Waals surface area contributed by atoms with Crippen LogP contribution in [-0.4, -0.2) is 18.5 Å². The first-order valence-corrected chi connectivity index (χ1v) is 7.34. The maximum atomic E-state index is 13.9. The van der Waals surface area contributed by atoms with Crippen LogP contribution in [0.3, 0.4) is 0 Å². The Hall–Kier alpha value is -1.58. The maximum Gasteiger partial charge on any atom is 0.253 e. The Bertz CT molecular complexity index is 446. The number of benzene rings is 1. The highest BCUT2D eigenvalue weighted by Gasteiger charge is 2.19. The van der Waals surface area contributed by atoms with Crippen LogP contribution in [0.15, 0.2) is 18.2 Å². The number of carbonyl (C=O) groups is 1. The van der Waals surface area contributed by atoms with Gasteiger partial charge in [0, 0.05) is 12.6 Å². The average Bonchev–Trinajstić information content (AvgIpc) is 2.42. The molecule has 0 radical (unpaired) electrons. The van der Waals surface area contributed by atoms with Gasteiger partial charge >= 0.3 is 0 Å². The summed E-state index contributed by atoms with van der Waals surface area (Å²) < 4.78 is 13.9. The predicted octanol–water partition coefficient (Wildman–Crippen LogP) is 3.81. The van der Waals surface area contributed by atoms with Gasteiger partial charge < -0.3 is 10.6 Å². The summed E-state index contributed by atoms with van der Waals surface area (Å²) in [5, 5.41) is 5.98. The number of para-hydroxylation sites is 1. The van der Waals surface area contributed by atoms with E-state index in [-0.39, 0.29) is 17.8 Å². The molecule has 112 valence electrons. The molecule has 20 heavy (non-hydrogen) atoms. The maximum absolute atomic E-state index is 13.9. The number of amides is 1. The molecule has 0 spiro atoms. The van der Waals surface area contributed by atoms with Crippen LogP contribution in [0.1, 0.15) is 50.9 Å². The zero-order valence-corrected chi connectivity index (χ0v) is 12.8. The van der Waals surface area contributed by atoms with Crippen LogP contribution >= 0.6 is 0 Å². The van der Waals surface area contributed by atoms with Gasteiger partial charge in [-0.2, -0.15) is 0 Å². The van der Waals surface area contributed by atoms with Gasteiger partial charge in [-0.3, -0.25) is 4.79 Å². The number of rotatable bonds is 7. The molecule has 0 aliphatic rings. The Balaban J connectivity index is 2.94. The third-order valence-electron chi connectivity index (χ3n) is 3.37. The molecule has 4 heteroatoms. The van der Waals surface area contributed by atoms with Crippen molar-refractivity contribution in [1.82, 2.24) is 5.32 Å². The molecule has 1 rings (SSSR count). The Morgan fingerprint density at radius 1 is 1.30 bits per heavy atom. The van der Waals surface area contributed by atoms with Gasteiger partial charge in [-0.25, -0.2) is 4.39 Å². The molecule has 0 aliphatic heterocycles. The van der Waals surface area contributed by atoms with Gasteiger partial charge in [0.25, 0.3) is 5.91 Å². The van der Waals surface area contributed by atoms with E-state index in [1.54, 1.807) is 12.1 Å². The Kier molecular flexibility index (Phi) is 6.49. The first-order valence-electron chi connectivity index (χ1n) is 7.34. The normalized spacial score (nSPS) is 12.3. The van der Waals surface area contributed by atoms with Crippen LogP contribution in [0, 0.1) is 11.7 Å². The molecule has 0 aromatic heterocycles. The highest BCUT2D eigenvalue weighted by atomic mass is 19.1. The summed E-state index contributed by atoms with van der Waals surface area (Å²) in [6.07, 6.45) is 1.73. The van der Waals surface area contributed by atoms with Gasteiger partial charge in [-0.15, -0.1) is 0 Å². The van der Waals surface area contributed by atoms with E-state index in [1.165, 1.54) is 6.07 Å². The largest absolute Gasteiger partial charge is 0.382 e. The number of anilines is 1. The molecule has 0 fully saturated rings. The van der Waals surface area contributed by atoms with Gasteiger partial charge in [-0.1, -0.05) is 33.8 Å². The van der Waals surface area contributed by atoms with E-state index in [0.717, 1.165) is 12.8 Å². The van der Waals surface area contributed by atoms with Crippen molar-refractivity contribution in [2.24, 2.45) is 5.92 Å². The second-order valence-corrected chi connectivity index (χ2v) is 5.32. The van der Waals surface area contributed by atoms with Crippen LogP contribution in [0.4, 0.5) is 10.1 Å². The Labute approximate surface area is 121 Å².